The van der Waals surface area contributed by atoms with E-state index < -0.39 is 0 Å². The van der Waals surface area contributed by atoms with Crippen LogP contribution >= 0.6 is 0 Å². The van der Waals surface area contributed by atoms with Gasteiger partial charge in [0.2, 0.25) is 0 Å². The molecule has 0 unspecified atom stereocenters. The van der Waals surface area contributed by atoms with Crippen molar-refractivity contribution in [3.8, 4) is 5.69 Å². The second-order valence-electron chi connectivity index (χ2n) is 4.67. The van der Waals surface area contributed by atoms with Gasteiger partial charge in [-0.25, -0.2) is 4.98 Å². The Balaban J connectivity index is 2.06. The lowest BCUT2D eigenvalue weighted by Gasteiger charge is -2.10. The monoisotopic (exact) mass is 261 g/mol. The van der Waals surface area contributed by atoms with Gasteiger partial charge in [-0.05, 0) is 30.3 Å². The summed E-state index contributed by atoms with van der Waals surface area (Å²) in [4.78, 5) is 19.2. The molecule has 1 N–H and O–H groups in total. The van der Waals surface area contributed by atoms with Gasteiger partial charge in [0.05, 0.1) is 22.9 Å². The molecule has 20 heavy (non-hydrogen) atoms. The first-order valence-corrected chi connectivity index (χ1v) is 6.37. The summed E-state index contributed by atoms with van der Waals surface area (Å²) in [6.07, 6.45) is 3.49. The zero-order valence-electron chi connectivity index (χ0n) is 10.6. The first kappa shape index (κ1) is 11.0. The number of para-hydroxylation sites is 1. The number of imidazole rings is 1. The Hall–Kier alpha value is -2.88. The molecular formula is C16H11N3O. The van der Waals surface area contributed by atoms with E-state index in [4.69, 9.17) is 0 Å². The third kappa shape index (κ3) is 1.55. The summed E-state index contributed by atoms with van der Waals surface area (Å²) in [5, 5.41) is 0.722. The Morgan fingerprint density at radius 1 is 1.05 bits per heavy atom. The summed E-state index contributed by atoms with van der Waals surface area (Å²) in [6.45, 7) is 0. The summed E-state index contributed by atoms with van der Waals surface area (Å²) in [6, 6.07) is 15.2. The second kappa shape index (κ2) is 4.06. The number of hydrogen-bond donors (Lipinski definition) is 1. The Kier molecular flexibility index (Phi) is 2.23. The molecule has 96 valence electrons. The van der Waals surface area contributed by atoms with Crippen molar-refractivity contribution in [2.45, 2.75) is 0 Å². The van der Waals surface area contributed by atoms with Crippen LogP contribution in [0.4, 0.5) is 0 Å². The van der Waals surface area contributed by atoms with Gasteiger partial charge < -0.3 is 9.55 Å². The topological polar surface area (TPSA) is 50.7 Å². The zero-order valence-corrected chi connectivity index (χ0v) is 10.6. The fraction of sp³-hybridized carbons (Fsp3) is 0. The Morgan fingerprint density at radius 2 is 1.95 bits per heavy atom. The van der Waals surface area contributed by atoms with Crippen LogP contribution in [-0.2, 0) is 0 Å². The van der Waals surface area contributed by atoms with Gasteiger partial charge in [0.15, 0.2) is 5.43 Å². The van der Waals surface area contributed by atoms with Gasteiger partial charge in [-0.15, -0.1) is 0 Å². The van der Waals surface area contributed by atoms with Crippen molar-refractivity contribution in [2.24, 2.45) is 0 Å². The van der Waals surface area contributed by atoms with E-state index in [1.54, 1.807) is 12.4 Å². The normalized spacial score (nSPS) is 11.2. The highest BCUT2D eigenvalue weighted by Gasteiger charge is 2.05. The van der Waals surface area contributed by atoms with Crippen LogP contribution in [0.3, 0.4) is 0 Å². The fourth-order valence-electron chi connectivity index (χ4n) is 2.50. The van der Waals surface area contributed by atoms with Gasteiger partial charge in [-0.3, -0.25) is 4.79 Å². The maximum absolute atomic E-state index is 11.9. The summed E-state index contributed by atoms with van der Waals surface area (Å²) in [5.74, 6) is 0. The number of hydrogen-bond acceptors (Lipinski definition) is 2. The smallest absolute Gasteiger partial charge is 0.189 e. The maximum atomic E-state index is 11.9. The van der Waals surface area contributed by atoms with Crippen LogP contribution in [0.2, 0.25) is 0 Å². The molecule has 4 nitrogen and oxygen atoms in total. The predicted octanol–water partition coefficient (Wildman–Crippen LogP) is 2.87. The molecule has 4 rings (SSSR count). The number of nitrogens with zero attached hydrogens (tertiary/aromatic N) is 2. The van der Waals surface area contributed by atoms with Crippen molar-refractivity contribution in [1.82, 2.24) is 14.5 Å². The van der Waals surface area contributed by atoms with E-state index in [0.717, 1.165) is 27.6 Å². The van der Waals surface area contributed by atoms with Gasteiger partial charge in [-0.1, -0.05) is 12.1 Å². The Labute approximate surface area is 114 Å². The molecule has 0 saturated carbocycles. The molecule has 0 spiro atoms. The number of nitrogens with one attached hydrogen (secondary N) is 1. The molecule has 4 heteroatoms. The molecule has 0 aliphatic carbocycles. The molecule has 2 aromatic heterocycles. The minimum absolute atomic E-state index is 0.0412. The van der Waals surface area contributed by atoms with Gasteiger partial charge in [0.1, 0.15) is 0 Å². The standard InChI is InChI=1S/C16H11N3O/c20-16-7-8-19(15-4-2-1-3-12(15)16)11-5-6-13-14(9-11)18-10-17-13/h1-10H,(H,17,18). The molecule has 4 aromatic rings. The summed E-state index contributed by atoms with van der Waals surface area (Å²) >= 11 is 0. The highest BCUT2D eigenvalue weighted by Crippen LogP contribution is 2.19. The van der Waals surface area contributed by atoms with Gasteiger partial charge in [0, 0.05) is 23.3 Å². The number of fused-ring (bicyclic) bond motifs is 2. The van der Waals surface area contributed by atoms with E-state index in [1.807, 2.05) is 53.2 Å². The summed E-state index contributed by atoms with van der Waals surface area (Å²) in [7, 11) is 0. The number of rotatable bonds is 1. The number of benzene rings is 2. The van der Waals surface area contributed by atoms with Crippen molar-refractivity contribution in [2.75, 3.05) is 0 Å². The largest absolute Gasteiger partial charge is 0.345 e. The fourth-order valence-corrected chi connectivity index (χ4v) is 2.50. The molecule has 0 bridgehead atoms. The van der Waals surface area contributed by atoms with Gasteiger partial charge in [0.25, 0.3) is 0 Å². The van der Waals surface area contributed by atoms with Gasteiger partial charge >= 0.3 is 0 Å². The third-order valence-corrected chi connectivity index (χ3v) is 3.49. The van der Waals surface area contributed by atoms with Crippen molar-refractivity contribution in [3.63, 3.8) is 0 Å². The molecule has 2 heterocycles. The van der Waals surface area contributed by atoms with Gasteiger partial charge in [-0.2, -0.15) is 0 Å². The first-order valence-electron chi connectivity index (χ1n) is 6.37. The van der Waals surface area contributed by atoms with E-state index >= 15 is 0 Å². The minimum atomic E-state index is 0.0412. The van der Waals surface area contributed by atoms with Crippen LogP contribution in [0, 0.1) is 0 Å². The molecule has 0 fully saturated rings. The summed E-state index contributed by atoms with van der Waals surface area (Å²) in [5.41, 5.74) is 3.85. The molecule has 0 atom stereocenters. The average Bonchev–Trinajstić information content (AvgIpc) is 2.95. The van der Waals surface area contributed by atoms with Crippen LogP contribution in [0.1, 0.15) is 0 Å². The van der Waals surface area contributed by atoms with Crippen molar-refractivity contribution < 1.29 is 0 Å². The van der Waals surface area contributed by atoms with Crippen molar-refractivity contribution >= 4 is 21.9 Å². The van der Waals surface area contributed by atoms with Crippen LogP contribution < -0.4 is 5.43 Å². The van der Waals surface area contributed by atoms with Crippen molar-refractivity contribution in [1.29, 1.82) is 0 Å². The lowest BCUT2D eigenvalue weighted by molar-refractivity contribution is 1.10. The van der Waals surface area contributed by atoms with Crippen LogP contribution in [0.25, 0.3) is 27.6 Å². The van der Waals surface area contributed by atoms with E-state index in [9.17, 15) is 4.79 Å². The SMILES string of the molecule is O=c1ccn(-c2ccc3nc[nH]c3c2)c2ccccc12. The molecule has 0 aliphatic rings. The van der Waals surface area contributed by atoms with Crippen molar-refractivity contribution in [3.05, 3.63) is 71.3 Å². The lowest BCUT2D eigenvalue weighted by atomic mass is 10.2. The second-order valence-corrected chi connectivity index (χ2v) is 4.67. The number of pyridine rings is 1. The highest BCUT2D eigenvalue weighted by molar-refractivity contribution is 5.82. The van der Waals surface area contributed by atoms with Crippen LogP contribution in [-0.4, -0.2) is 14.5 Å². The Bertz CT molecular complexity index is 982. The quantitative estimate of drug-likeness (QED) is 0.572. The third-order valence-electron chi connectivity index (χ3n) is 3.49. The van der Waals surface area contributed by atoms with E-state index in [0.29, 0.717) is 0 Å². The summed E-state index contributed by atoms with van der Waals surface area (Å²) < 4.78 is 2.01. The first-order chi connectivity index (χ1) is 9.83. The van der Waals surface area contributed by atoms with E-state index in [1.165, 1.54) is 0 Å². The molecule has 0 radical (unpaired) electrons. The number of aromatic amines is 1. The highest BCUT2D eigenvalue weighted by atomic mass is 16.1. The Morgan fingerprint density at radius 3 is 2.90 bits per heavy atom. The lowest BCUT2D eigenvalue weighted by Crippen LogP contribution is -2.06. The molecule has 0 saturated heterocycles. The predicted molar refractivity (Wildman–Crippen MR) is 79.2 cm³/mol. The zero-order chi connectivity index (χ0) is 13.5. The average molecular weight is 261 g/mol. The van der Waals surface area contributed by atoms with E-state index in [-0.39, 0.29) is 5.43 Å². The van der Waals surface area contributed by atoms with Crippen LogP contribution in [0.15, 0.2) is 65.8 Å². The van der Waals surface area contributed by atoms with Crippen LogP contribution in [0.5, 0.6) is 0 Å². The van der Waals surface area contributed by atoms with E-state index in [2.05, 4.69) is 9.97 Å². The number of aromatic nitrogens is 3. The molecular weight excluding hydrogens is 250 g/mol. The minimum Gasteiger partial charge on any atom is -0.345 e. The maximum Gasteiger partial charge on any atom is 0.189 e. The number of H-pyrrole nitrogens is 1. The molecule has 0 aliphatic heterocycles. The molecule has 2 aromatic carbocycles. The molecule has 0 amide bonds.